The molecule has 7 heteroatoms. The van der Waals surface area contributed by atoms with Crippen molar-refractivity contribution in [3.8, 4) is 0 Å². The number of aryl methyl sites for hydroxylation is 1. The topological polar surface area (TPSA) is 84.7 Å². The van der Waals surface area contributed by atoms with Gasteiger partial charge in [0, 0.05) is 6.04 Å². The van der Waals surface area contributed by atoms with Crippen LogP contribution in [0.15, 0.2) is 24.3 Å². The van der Waals surface area contributed by atoms with Crippen molar-refractivity contribution < 1.29 is 4.79 Å². The molecule has 122 valence electrons. The van der Waals surface area contributed by atoms with Gasteiger partial charge in [0.25, 0.3) is 5.95 Å². The van der Waals surface area contributed by atoms with E-state index in [4.69, 9.17) is 0 Å². The molecule has 0 aliphatic heterocycles. The summed E-state index contributed by atoms with van der Waals surface area (Å²) in [6.07, 6.45) is 1.93. The van der Waals surface area contributed by atoms with Crippen molar-refractivity contribution in [2.24, 2.45) is 0 Å². The standard InChI is InChI=1S/C16H22N6O/c1-10(2)22-20-15(19-21-22)18-16(23)17-13-8-12(9-13)14-7-5-4-6-11(14)3/h4-7,10,12-13H,8-9H2,1-3H3,(H2,17,18,20,23). The van der Waals surface area contributed by atoms with Crippen LogP contribution in [0, 0.1) is 6.92 Å². The Kier molecular flexibility index (Phi) is 4.27. The van der Waals surface area contributed by atoms with Gasteiger partial charge in [-0.05, 0) is 55.9 Å². The van der Waals surface area contributed by atoms with E-state index in [0.29, 0.717) is 5.92 Å². The number of benzene rings is 1. The maximum atomic E-state index is 12.0. The monoisotopic (exact) mass is 314 g/mol. The zero-order valence-electron chi connectivity index (χ0n) is 13.7. The van der Waals surface area contributed by atoms with Crippen molar-refractivity contribution in [3.63, 3.8) is 0 Å². The van der Waals surface area contributed by atoms with Crippen LogP contribution in [0.25, 0.3) is 0 Å². The maximum Gasteiger partial charge on any atom is 0.321 e. The Morgan fingerprint density at radius 2 is 2.04 bits per heavy atom. The molecular formula is C16H22N6O. The number of amides is 2. The highest BCUT2D eigenvalue weighted by Gasteiger charge is 2.32. The molecule has 2 amide bonds. The average molecular weight is 314 g/mol. The van der Waals surface area contributed by atoms with Gasteiger partial charge in [-0.1, -0.05) is 29.4 Å². The molecule has 1 saturated carbocycles. The Labute approximate surface area is 135 Å². The third-order valence-corrected chi connectivity index (χ3v) is 4.22. The molecule has 1 heterocycles. The normalized spacial score (nSPS) is 20.2. The number of hydrogen-bond acceptors (Lipinski definition) is 4. The summed E-state index contributed by atoms with van der Waals surface area (Å²) in [7, 11) is 0. The van der Waals surface area contributed by atoms with E-state index in [1.165, 1.54) is 15.9 Å². The molecule has 0 saturated heterocycles. The number of aromatic nitrogens is 4. The number of rotatable bonds is 4. The molecule has 1 aliphatic rings. The van der Waals surface area contributed by atoms with Crippen molar-refractivity contribution in [1.82, 2.24) is 25.5 Å². The number of anilines is 1. The van der Waals surface area contributed by atoms with Crippen molar-refractivity contribution >= 4 is 12.0 Å². The van der Waals surface area contributed by atoms with E-state index in [1.807, 2.05) is 13.8 Å². The highest BCUT2D eigenvalue weighted by molar-refractivity contribution is 5.87. The number of nitrogens with zero attached hydrogens (tertiary/aromatic N) is 4. The maximum absolute atomic E-state index is 12.0. The number of carbonyl (C=O) groups excluding carboxylic acids is 1. The molecule has 1 aliphatic carbocycles. The van der Waals surface area contributed by atoms with E-state index in [2.05, 4.69) is 57.2 Å². The quantitative estimate of drug-likeness (QED) is 0.908. The van der Waals surface area contributed by atoms with Crippen molar-refractivity contribution in [2.45, 2.75) is 51.6 Å². The molecule has 0 spiro atoms. The minimum absolute atomic E-state index is 0.114. The molecule has 0 radical (unpaired) electrons. The van der Waals surface area contributed by atoms with Gasteiger partial charge < -0.3 is 5.32 Å². The lowest BCUT2D eigenvalue weighted by Gasteiger charge is -2.36. The van der Waals surface area contributed by atoms with Crippen LogP contribution in [-0.4, -0.2) is 32.3 Å². The number of urea groups is 1. The lowest BCUT2D eigenvalue weighted by molar-refractivity contribution is 0.233. The lowest BCUT2D eigenvalue weighted by Crippen LogP contribution is -2.45. The molecule has 0 bridgehead atoms. The predicted molar refractivity (Wildman–Crippen MR) is 87.3 cm³/mol. The first-order valence-corrected chi connectivity index (χ1v) is 7.95. The first-order valence-electron chi connectivity index (χ1n) is 7.95. The van der Waals surface area contributed by atoms with Gasteiger partial charge in [-0.25, -0.2) is 4.79 Å². The summed E-state index contributed by atoms with van der Waals surface area (Å²) in [5.41, 5.74) is 2.70. The zero-order chi connectivity index (χ0) is 16.4. The molecule has 2 N–H and O–H groups in total. The molecule has 7 nitrogen and oxygen atoms in total. The van der Waals surface area contributed by atoms with Crippen molar-refractivity contribution in [1.29, 1.82) is 0 Å². The van der Waals surface area contributed by atoms with E-state index < -0.39 is 0 Å². The van der Waals surface area contributed by atoms with Gasteiger partial charge in [0.2, 0.25) is 0 Å². The molecule has 2 aromatic rings. The summed E-state index contributed by atoms with van der Waals surface area (Å²) < 4.78 is 0. The van der Waals surface area contributed by atoms with Crippen molar-refractivity contribution in [3.05, 3.63) is 35.4 Å². The van der Waals surface area contributed by atoms with Gasteiger partial charge in [-0.2, -0.15) is 4.80 Å². The van der Waals surface area contributed by atoms with E-state index >= 15 is 0 Å². The smallest absolute Gasteiger partial charge is 0.321 e. The van der Waals surface area contributed by atoms with Crippen LogP contribution in [0.1, 0.15) is 49.8 Å². The second kappa shape index (κ2) is 6.36. The van der Waals surface area contributed by atoms with Crippen LogP contribution >= 0.6 is 0 Å². The van der Waals surface area contributed by atoms with E-state index in [-0.39, 0.29) is 24.1 Å². The highest BCUT2D eigenvalue weighted by Crippen LogP contribution is 2.38. The van der Waals surface area contributed by atoms with Crippen LogP contribution in [0.4, 0.5) is 10.7 Å². The minimum atomic E-state index is -0.276. The Balaban J connectivity index is 1.48. The Morgan fingerprint density at radius 3 is 2.70 bits per heavy atom. The van der Waals surface area contributed by atoms with Crippen LogP contribution in [0.2, 0.25) is 0 Å². The van der Waals surface area contributed by atoms with Gasteiger partial charge in [-0.15, -0.1) is 5.10 Å². The fourth-order valence-corrected chi connectivity index (χ4v) is 2.85. The Hall–Kier alpha value is -2.44. The van der Waals surface area contributed by atoms with Gasteiger partial charge in [0.1, 0.15) is 0 Å². The third kappa shape index (κ3) is 3.49. The van der Waals surface area contributed by atoms with E-state index in [9.17, 15) is 4.79 Å². The molecule has 1 aromatic carbocycles. The Morgan fingerprint density at radius 1 is 1.30 bits per heavy atom. The second-order valence-electron chi connectivity index (χ2n) is 6.35. The van der Waals surface area contributed by atoms with Crippen LogP contribution in [0.3, 0.4) is 0 Å². The lowest BCUT2D eigenvalue weighted by atomic mass is 9.74. The molecule has 1 aromatic heterocycles. The minimum Gasteiger partial charge on any atom is -0.335 e. The first-order chi connectivity index (χ1) is 11.0. The predicted octanol–water partition coefficient (Wildman–Crippen LogP) is 2.63. The summed E-state index contributed by atoms with van der Waals surface area (Å²) in [5, 5.41) is 17.4. The Bertz CT molecular complexity index is 689. The number of tetrazole rings is 1. The largest absolute Gasteiger partial charge is 0.335 e. The first kappa shape index (κ1) is 15.5. The summed E-state index contributed by atoms with van der Waals surface area (Å²) >= 11 is 0. The molecular weight excluding hydrogens is 292 g/mol. The molecule has 23 heavy (non-hydrogen) atoms. The van der Waals surface area contributed by atoms with Gasteiger partial charge >= 0.3 is 6.03 Å². The van der Waals surface area contributed by atoms with E-state index in [0.717, 1.165) is 12.8 Å². The van der Waals surface area contributed by atoms with E-state index in [1.54, 1.807) is 0 Å². The number of hydrogen-bond donors (Lipinski definition) is 2. The fraction of sp³-hybridized carbons (Fsp3) is 0.500. The number of nitrogens with one attached hydrogen (secondary N) is 2. The zero-order valence-corrected chi connectivity index (χ0v) is 13.7. The molecule has 0 unspecified atom stereocenters. The van der Waals surface area contributed by atoms with Crippen LogP contribution in [-0.2, 0) is 0 Å². The molecule has 0 atom stereocenters. The summed E-state index contributed by atoms with van der Waals surface area (Å²) in [5.74, 6) is 0.757. The summed E-state index contributed by atoms with van der Waals surface area (Å²) in [6, 6.07) is 8.46. The van der Waals surface area contributed by atoms with Crippen LogP contribution < -0.4 is 10.6 Å². The summed E-state index contributed by atoms with van der Waals surface area (Å²) in [4.78, 5) is 13.4. The second-order valence-corrected chi connectivity index (χ2v) is 6.35. The van der Waals surface area contributed by atoms with Crippen LogP contribution in [0.5, 0.6) is 0 Å². The summed E-state index contributed by atoms with van der Waals surface area (Å²) in [6.45, 7) is 6.03. The fourth-order valence-electron chi connectivity index (χ4n) is 2.85. The average Bonchev–Trinajstić information content (AvgIpc) is 2.92. The molecule has 3 rings (SSSR count). The molecule has 1 fully saturated rings. The highest BCUT2D eigenvalue weighted by atomic mass is 16.2. The van der Waals surface area contributed by atoms with Gasteiger partial charge in [0.15, 0.2) is 0 Å². The van der Waals surface area contributed by atoms with Gasteiger partial charge in [0.05, 0.1) is 6.04 Å². The van der Waals surface area contributed by atoms with Gasteiger partial charge in [-0.3, -0.25) is 5.32 Å². The van der Waals surface area contributed by atoms with Crippen molar-refractivity contribution in [2.75, 3.05) is 5.32 Å². The SMILES string of the molecule is Cc1ccccc1C1CC(NC(=O)Nc2nnn(C(C)C)n2)C1. The number of carbonyl (C=O) groups is 1. The third-order valence-electron chi connectivity index (χ3n) is 4.22.